The van der Waals surface area contributed by atoms with Crippen molar-refractivity contribution >= 4 is 62.3 Å². The average molecular weight is 679 g/mol. The van der Waals surface area contributed by atoms with Crippen molar-refractivity contribution in [1.29, 1.82) is 0 Å². The molecule has 0 unspecified atom stereocenters. The molecule has 1 aliphatic carbocycles. The van der Waals surface area contributed by atoms with E-state index in [0.717, 1.165) is 43.9 Å². The molecule has 2 amide bonds. The van der Waals surface area contributed by atoms with Crippen LogP contribution in [0.2, 0.25) is 15.1 Å². The predicted octanol–water partition coefficient (Wildman–Crippen LogP) is 7.28. The zero-order valence-electron chi connectivity index (χ0n) is 24.7. The number of hydrogen-bond donors (Lipinski definition) is 1. The third kappa shape index (κ3) is 9.61. The molecule has 0 spiro atoms. The molecule has 0 aliphatic heterocycles. The molecular formula is C33H38Cl3N3O4S. The molecule has 236 valence electrons. The number of amides is 2. The van der Waals surface area contributed by atoms with E-state index in [2.05, 4.69) is 5.32 Å². The van der Waals surface area contributed by atoms with Gasteiger partial charge in [-0.3, -0.25) is 13.9 Å². The van der Waals surface area contributed by atoms with Crippen LogP contribution in [0.25, 0.3) is 0 Å². The van der Waals surface area contributed by atoms with Crippen molar-refractivity contribution in [3.8, 4) is 0 Å². The number of halogens is 3. The summed E-state index contributed by atoms with van der Waals surface area (Å²) in [6, 6.07) is 20.4. The van der Waals surface area contributed by atoms with Crippen molar-refractivity contribution < 1.29 is 18.0 Å². The summed E-state index contributed by atoms with van der Waals surface area (Å²) in [5, 5.41) is 4.49. The molecule has 1 atom stereocenters. The van der Waals surface area contributed by atoms with Crippen LogP contribution in [-0.4, -0.2) is 50.0 Å². The first kappa shape index (κ1) is 34.1. The Kier molecular flexibility index (Phi) is 12.4. The summed E-state index contributed by atoms with van der Waals surface area (Å²) in [5.41, 5.74) is 1.91. The fourth-order valence-corrected chi connectivity index (χ4v) is 7.17. The van der Waals surface area contributed by atoms with E-state index in [-0.39, 0.29) is 43.8 Å². The van der Waals surface area contributed by atoms with Gasteiger partial charge in [-0.25, -0.2) is 8.42 Å². The van der Waals surface area contributed by atoms with Crippen LogP contribution >= 0.6 is 34.8 Å². The summed E-state index contributed by atoms with van der Waals surface area (Å²) in [4.78, 5) is 29.6. The van der Waals surface area contributed by atoms with Crippen LogP contribution in [-0.2, 0) is 32.6 Å². The van der Waals surface area contributed by atoms with Crippen LogP contribution in [0.15, 0.2) is 72.8 Å². The van der Waals surface area contributed by atoms with Gasteiger partial charge in [-0.05, 0) is 61.2 Å². The second kappa shape index (κ2) is 16.0. The van der Waals surface area contributed by atoms with Gasteiger partial charge in [0.15, 0.2) is 0 Å². The lowest BCUT2D eigenvalue weighted by molar-refractivity contribution is -0.141. The second-order valence-electron chi connectivity index (χ2n) is 11.2. The molecule has 1 saturated carbocycles. The van der Waals surface area contributed by atoms with E-state index in [1.807, 2.05) is 30.3 Å². The zero-order valence-corrected chi connectivity index (χ0v) is 27.8. The molecular weight excluding hydrogens is 641 g/mol. The molecule has 0 bridgehead atoms. The Labute approximate surface area is 275 Å². The maximum absolute atomic E-state index is 14.1. The number of nitrogens with one attached hydrogen (secondary N) is 1. The smallest absolute Gasteiger partial charge is 0.243 e. The highest BCUT2D eigenvalue weighted by molar-refractivity contribution is 7.92. The summed E-state index contributed by atoms with van der Waals surface area (Å²) in [5.74, 6) is -0.526. The minimum Gasteiger partial charge on any atom is -0.352 e. The monoisotopic (exact) mass is 677 g/mol. The fraction of sp³-hybridized carbons (Fsp3) is 0.394. The minimum atomic E-state index is -3.63. The lowest BCUT2D eigenvalue weighted by Gasteiger charge is -2.34. The lowest BCUT2D eigenvalue weighted by Crippen LogP contribution is -2.53. The summed E-state index contributed by atoms with van der Waals surface area (Å²) in [6.45, 7) is 0.102. The molecule has 1 fully saturated rings. The van der Waals surface area contributed by atoms with Crippen molar-refractivity contribution in [3.63, 3.8) is 0 Å². The van der Waals surface area contributed by atoms with Gasteiger partial charge in [0.1, 0.15) is 6.04 Å². The number of nitrogens with zero attached hydrogens (tertiary/aromatic N) is 2. The van der Waals surface area contributed by atoms with Gasteiger partial charge in [0.05, 0.1) is 11.9 Å². The van der Waals surface area contributed by atoms with Gasteiger partial charge in [-0.15, -0.1) is 0 Å². The largest absolute Gasteiger partial charge is 0.352 e. The van der Waals surface area contributed by atoms with Gasteiger partial charge >= 0.3 is 0 Å². The quantitative estimate of drug-likeness (QED) is 0.206. The van der Waals surface area contributed by atoms with E-state index in [1.165, 1.54) is 4.31 Å². The molecule has 4 rings (SSSR count). The maximum Gasteiger partial charge on any atom is 0.243 e. The number of benzene rings is 3. The Morgan fingerprint density at radius 3 is 2.14 bits per heavy atom. The first-order valence-electron chi connectivity index (χ1n) is 14.8. The normalized spacial score (nSPS) is 14.5. The van der Waals surface area contributed by atoms with E-state index in [0.29, 0.717) is 32.7 Å². The van der Waals surface area contributed by atoms with E-state index in [1.54, 1.807) is 47.4 Å². The van der Waals surface area contributed by atoms with E-state index in [9.17, 15) is 18.0 Å². The van der Waals surface area contributed by atoms with Crippen molar-refractivity contribution in [2.24, 2.45) is 0 Å². The summed E-state index contributed by atoms with van der Waals surface area (Å²) >= 11 is 19.1. The molecule has 11 heteroatoms. The van der Waals surface area contributed by atoms with Crippen LogP contribution in [0.1, 0.15) is 56.1 Å². The molecule has 0 radical (unpaired) electrons. The van der Waals surface area contributed by atoms with Gasteiger partial charge in [-0.1, -0.05) is 90.5 Å². The SMILES string of the molecule is CS(=O)(=O)N(CCCC(=O)N(Cc1c(Cl)cccc1Cl)[C@@H](Cc1ccccc1)C(=O)NC1CCCCC1)c1ccc(Cl)cc1. The Morgan fingerprint density at radius 1 is 0.886 bits per heavy atom. The van der Waals surface area contributed by atoms with Gasteiger partial charge < -0.3 is 10.2 Å². The summed E-state index contributed by atoms with van der Waals surface area (Å²) in [6.07, 6.45) is 6.71. The van der Waals surface area contributed by atoms with Crippen molar-refractivity contribution in [1.82, 2.24) is 10.2 Å². The third-order valence-electron chi connectivity index (χ3n) is 7.88. The zero-order chi connectivity index (χ0) is 31.7. The number of carbonyl (C=O) groups excluding carboxylic acids is 2. The molecule has 3 aromatic rings. The van der Waals surface area contributed by atoms with Gasteiger partial charge in [0, 0.05) is 52.6 Å². The van der Waals surface area contributed by atoms with Gasteiger partial charge in [0.2, 0.25) is 21.8 Å². The highest BCUT2D eigenvalue weighted by atomic mass is 35.5. The second-order valence-corrected chi connectivity index (χ2v) is 14.3. The van der Waals surface area contributed by atoms with E-state index in [4.69, 9.17) is 34.8 Å². The third-order valence-corrected chi connectivity index (χ3v) is 10.0. The maximum atomic E-state index is 14.1. The molecule has 44 heavy (non-hydrogen) atoms. The van der Waals surface area contributed by atoms with Crippen LogP contribution in [0.5, 0.6) is 0 Å². The first-order valence-corrected chi connectivity index (χ1v) is 17.8. The minimum absolute atomic E-state index is 0.00365. The Bertz CT molecular complexity index is 1490. The fourth-order valence-electron chi connectivity index (χ4n) is 5.56. The highest BCUT2D eigenvalue weighted by Crippen LogP contribution is 2.28. The Balaban J connectivity index is 1.62. The molecule has 3 aromatic carbocycles. The number of rotatable bonds is 13. The Hall–Kier alpha value is -2.78. The first-order chi connectivity index (χ1) is 21.0. The molecule has 1 N–H and O–H groups in total. The van der Waals surface area contributed by atoms with Crippen LogP contribution in [0.3, 0.4) is 0 Å². The van der Waals surface area contributed by atoms with Crippen molar-refractivity contribution in [3.05, 3.63) is 99.0 Å². The number of carbonyl (C=O) groups is 2. The lowest BCUT2D eigenvalue weighted by atomic mass is 9.94. The molecule has 0 heterocycles. The molecule has 7 nitrogen and oxygen atoms in total. The van der Waals surface area contributed by atoms with E-state index >= 15 is 0 Å². The highest BCUT2D eigenvalue weighted by Gasteiger charge is 2.33. The topological polar surface area (TPSA) is 86.8 Å². The van der Waals surface area contributed by atoms with Crippen LogP contribution < -0.4 is 9.62 Å². The van der Waals surface area contributed by atoms with Crippen LogP contribution in [0, 0.1) is 0 Å². The summed E-state index contributed by atoms with van der Waals surface area (Å²) in [7, 11) is -3.63. The molecule has 1 aliphatic rings. The standard InChI is InChI=1S/C33H38Cl3N3O4S/c1-44(42,43)39(27-19-17-25(34)18-20-27)21-9-16-32(40)38(23-28-29(35)14-8-15-30(28)36)31(22-24-10-4-2-5-11-24)33(41)37-26-12-6-3-7-13-26/h2,4-5,8,10-11,14-15,17-20,26,31H,3,6-7,9,12-13,16,21-23H2,1H3,(H,37,41)/t31-/m0/s1. The molecule has 0 aromatic heterocycles. The van der Waals surface area contributed by atoms with E-state index < -0.39 is 16.1 Å². The average Bonchev–Trinajstić information content (AvgIpc) is 2.99. The summed E-state index contributed by atoms with van der Waals surface area (Å²) < 4.78 is 26.5. The number of anilines is 1. The van der Waals surface area contributed by atoms with Gasteiger partial charge in [0.25, 0.3) is 0 Å². The van der Waals surface area contributed by atoms with Crippen LogP contribution in [0.4, 0.5) is 5.69 Å². The Morgan fingerprint density at radius 2 is 1.52 bits per heavy atom. The molecule has 0 saturated heterocycles. The van der Waals surface area contributed by atoms with Gasteiger partial charge in [-0.2, -0.15) is 0 Å². The van der Waals surface area contributed by atoms with Crippen molar-refractivity contribution in [2.75, 3.05) is 17.1 Å². The number of hydrogen-bond acceptors (Lipinski definition) is 4. The van der Waals surface area contributed by atoms with Crippen molar-refractivity contribution in [2.45, 2.75) is 70.0 Å². The predicted molar refractivity (Wildman–Crippen MR) is 179 cm³/mol. The number of sulfonamides is 1.